The maximum Gasteiger partial charge on any atom is 0.287 e. The minimum Gasteiger partial charge on any atom is -0.453 e. The average molecular weight is 333 g/mol. The summed E-state index contributed by atoms with van der Waals surface area (Å²) in [6.45, 7) is 4.36. The summed E-state index contributed by atoms with van der Waals surface area (Å²) in [4.78, 5) is 14.4. The third-order valence-electron chi connectivity index (χ3n) is 3.95. The van der Waals surface area contributed by atoms with Gasteiger partial charge in [-0.3, -0.25) is 9.69 Å². The molecule has 126 valence electrons. The number of β-amino-alcohol motifs (C(OH)–C–C–N with tert-alkyl or cyclic N) is 1. The van der Waals surface area contributed by atoms with Crippen LogP contribution in [0.1, 0.15) is 36.1 Å². The molecule has 1 fully saturated rings. The lowest BCUT2D eigenvalue weighted by Crippen LogP contribution is -2.40. The highest BCUT2D eigenvalue weighted by Gasteiger charge is 2.33. The van der Waals surface area contributed by atoms with Crippen LogP contribution in [0, 0.1) is 5.92 Å². The van der Waals surface area contributed by atoms with Crippen molar-refractivity contribution >= 4 is 18.3 Å². The van der Waals surface area contributed by atoms with Gasteiger partial charge >= 0.3 is 0 Å². The van der Waals surface area contributed by atoms with E-state index in [1.54, 1.807) is 12.1 Å². The topological polar surface area (TPSA) is 85.9 Å². The first kappa shape index (κ1) is 19.0. The van der Waals surface area contributed by atoms with Gasteiger partial charge < -0.3 is 19.9 Å². The van der Waals surface area contributed by atoms with E-state index in [0.717, 1.165) is 25.9 Å². The number of hydrogen-bond donors (Lipinski definition) is 3. The van der Waals surface area contributed by atoms with Gasteiger partial charge in [0, 0.05) is 25.7 Å². The van der Waals surface area contributed by atoms with Crippen LogP contribution in [-0.4, -0.2) is 53.3 Å². The molecule has 22 heavy (non-hydrogen) atoms. The molecule has 0 saturated carbocycles. The lowest BCUT2D eigenvalue weighted by atomic mass is 9.98. The molecule has 3 N–H and O–H groups in total. The Balaban J connectivity index is 0.00000242. The second-order valence-corrected chi connectivity index (χ2v) is 5.54. The minimum atomic E-state index is -0.244. The predicted octanol–water partition coefficient (Wildman–Crippen LogP) is 1.02. The van der Waals surface area contributed by atoms with E-state index in [2.05, 4.69) is 17.1 Å². The SMILES string of the molecule is CCC[C@H]1CN(CCO)C[C@@H]1NC(=O)c1ccc(CO)o1.Cl. The number of furan rings is 1. The number of halogens is 1. The van der Waals surface area contributed by atoms with E-state index < -0.39 is 0 Å². The molecule has 0 unspecified atom stereocenters. The molecule has 0 aromatic carbocycles. The first-order chi connectivity index (χ1) is 10.2. The third kappa shape index (κ3) is 4.71. The van der Waals surface area contributed by atoms with E-state index in [0.29, 0.717) is 18.2 Å². The highest BCUT2D eigenvalue weighted by atomic mass is 35.5. The zero-order valence-corrected chi connectivity index (χ0v) is 13.6. The largest absolute Gasteiger partial charge is 0.453 e. The first-order valence-electron chi connectivity index (χ1n) is 7.51. The molecule has 0 radical (unpaired) electrons. The number of carbonyl (C=O) groups excluding carboxylic acids is 1. The van der Waals surface area contributed by atoms with Crippen molar-refractivity contribution in [3.8, 4) is 0 Å². The molecule has 2 atom stereocenters. The van der Waals surface area contributed by atoms with Gasteiger partial charge in [-0.15, -0.1) is 12.4 Å². The molecule has 7 heteroatoms. The maximum absolute atomic E-state index is 12.2. The molecule has 1 amide bonds. The van der Waals surface area contributed by atoms with Crippen LogP contribution >= 0.6 is 12.4 Å². The molecule has 0 spiro atoms. The average Bonchev–Trinajstić information content (AvgIpc) is 3.07. The van der Waals surface area contributed by atoms with Crippen LogP contribution in [0.2, 0.25) is 0 Å². The summed E-state index contributed by atoms with van der Waals surface area (Å²) in [6, 6.07) is 3.26. The summed E-state index contributed by atoms with van der Waals surface area (Å²) in [5.41, 5.74) is 0. The van der Waals surface area contributed by atoms with Crippen molar-refractivity contribution < 1.29 is 19.4 Å². The van der Waals surface area contributed by atoms with Gasteiger partial charge in [-0.25, -0.2) is 0 Å². The Kier molecular flexibility index (Phi) is 7.89. The quantitative estimate of drug-likeness (QED) is 0.694. The van der Waals surface area contributed by atoms with Gasteiger partial charge in [-0.1, -0.05) is 13.3 Å². The molecule has 1 aromatic rings. The van der Waals surface area contributed by atoms with E-state index in [4.69, 9.17) is 14.6 Å². The summed E-state index contributed by atoms with van der Waals surface area (Å²) >= 11 is 0. The predicted molar refractivity (Wildman–Crippen MR) is 85.1 cm³/mol. The van der Waals surface area contributed by atoms with Crippen LogP contribution in [0.25, 0.3) is 0 Å². The Hall–Kier alpha value is -1.08. The molecule has 1 aliphatic heterocycles. The minimum absolute atomic E-state index is 0. The molecule has 1 saturated heterocycles. The van der Waals surface area contributed by atoms with Crippen molar-refractivity contribution in [1.82, 2.24) is 10.2 Å². The smallest absolute Gasteiger partial charge is 0.287 e. The van der Waals surface area contributed by atoms with Gasteiger partial charge in [-0.05, 0) is 24.5 Å². The van der Waals surface area contributed by atoms with Crippen molar-refractivity contribution in [3.63, 3.8) is 0 Å². The van der Waals surface area contributed by atoms with Crippen LogP contribution in [0.5, 0.6) is 0 Å². The highest BCUT2D eigenvalue weighted by molar-refractivity contribution is 5.91. The van der Waals surface area contributed by atoms with Crippen molar-refractivity contribution in [2.24, 2.45) is 5.92 Å². The monoisotopic (exact) mass is 332 g/mol. The number of nitrogens with zero attached hydrogens (tertiary/aromatic N) is 1. The second-order valence-electron chi connectivity index (χ2n) is 5.54. The van der Waals surface area contributed by atoms with Gasteiger partial charge in [0.2, 0.25) is 0 Å². The van der Waals surface area contributed by atoms with Gasteiger partial charge in [0.05, 0.1) is 6.61 Å². The summed E-state index contributed by atoms with van der Waals surface area (Å²) in [5.74, 6) is 0.776. The molecule has 6 nitrogen and oxygen atoms in total. The number of rotatable bonds is 7. The zero-order chi connectivity index (χ0) is 15.2. The summed E-state index contributed by atoms with van der Waals surface area (Å²) in [5, 5.41) is 21.0. The van der Waals surface area contributed by atoms with E-state index in [1.807, 2.05) is 0 Å². The Morgan fingerprint density at radius 1 is 1.41 bits per heavy atom. The summed E-state index contributed by atoms with van der Waals surface area (Å²) in [7, 11) is 0. The number of nitrogens with one attached hydrogen (secondary N) is 1. The lowest BCUT2D eigenvalue weighted by Gasteiger charge is -2.18. The van der Waals surface area contributed by atoms with Crippen LogP contribution in [0.4, 0.5) is 0 Å². The summed E-state index contributed by atoms with van der Waals surface area (Å²) in [6.07, 6.45) is 2.12. The van der Waals surface area contributed by atoms with Crippen LogP contribution in [0.15, 0.2) is 16.5 Å². The molecular weight excluding hydrogens is 308 g/mol. The zero-order valence-electron chi connectivity index (χ0n) is 12.8. The van der Waals surface area contributed by atoms with E-state index >= 15 is 0 Å². The molecule has 2 rings (SSSR count). The number of hydrogen-bond acceptors (Lipinski definition) is 5. The fraction of sp³-hybridized carbons (Fsp3) is 0.667. The Morgan fingerprint density at radius 3 is 2.77 bits per heavy atom. The van der Waals surface area contributed by atoms with Crippen LogP contribution < -0.4 is 5.32 Å². The number of carbonyl (C=O) groups is 1. The van der Waals surface area contributed by atoms with Gasteiger partial charge in [0.15, 0.2) is 5.76 Å². The number of aliphatic hydroxyl groups excluding tert-OH is 2. The first-order valence-corrected chi connectivity index (χ1v) is 7.51. The maximum atomic E-state index is 12.2. The van der Waals surface area contributed by atoms with E-state index in [9.17, 15) is 4.79 Å². The van der Waals surface area contributed by atoms with Crippen molar-refractivity contribution in [3.05, 3.63) is 23.7 Å². The standard InChI is InChI=1S/C15H24N2O4.ClH/c1-2-3-11-8-17(6-7-18)9-13(11)16-15(20)14-5-4-12(10-19)21-14;/h4-5,11,13,18-19H,2-3,6-10H2,1H3,(H,16,20);1H/t11-,13-;/m0./s1. The van der Waals surface area contributed by atoms with E-state index in [-0.39, 0.29) is 43.3 Å². The molecular formula is C15H25ClN2O4. The molecule has 1 aliphatic rings. The van der Waals surface area contributed by atoms with Crippen molar-refractivity contribution in [2.75, 3.05) is 26.2 Å². The van der Waals surface area contributed by atoms with Crippen molar-refractivity contribution in [2.45, 2.75) is 32.4 Å². The summed E-state index contributed by atoms with van der Waals surface area (Å²) < 4.78 is 5.26. The number of aliphatic hydroxyl groups is 2. The molecule has 0 aliphatic carbocycles. The lowest BCUT2D eigenvalue weighted by molar-refractivity contribution is 0.0896. The highest BCUT2D eigenvalue weighted by Crippen LogP contribution is 2.22. The van der Waals surface area contributed by atoms with Gasteiger partial charge in [-0.2, -0.15) is 0 Å². The normalized spacial score (nSPS) is 21.6. The fourth-order valence-electron chi connectivity index (χ4n) is 2.94. The molecule has 2 heterocycles. The van der Waals surface area contributed by atoms with Crippen molar-refractivity contribution in [1.29, 1.82) is 0 Å². The number of amides is 1. The Morgan fingerprint density at radius 2 is 2.18 bits per heavy atom. The molecule has 0 bridgehead atoms. The second kappa shape index (κ2) is 9.15. The van der Waals surface area contributed by atoms with Crippen LogP contribution in [-0.2, 0) is 6.61 Å². The molecule has 1 aromatic heterocycles. The Bertz CT molecular complexity index is 466. The Labute approximate surface area is 136 Å². The van der Waals surface area contributed by atoms with Crippen LogP contribution in [0.3, 0.4) is 0 Å². The van der Waals surface area contributed by atoms with Gasteiger partial charge in [0.25, 0.3) is 5.91 Å². The van der Waals surface area contributed by atoms with E-state index in [1.165, 1.54) is 0 Å². The van der Waals surface area contributed by atoms with Gasteiger partial charge in [0.1, 0.15) is 12.4 Å². The fourth-order valence-corrected chi connectivity index (χ4v) is 2.94. The number of likely N-dealkylation sites (tertiary alicyclic amines) is 1. The third-order valence-corrected chi connectivity index (χ3v) is 3.95.